The molecule has 122 valence electrons. The molecule has 3 aliphatic carbocycles. The van der Waals surface area contributed by atoms with Crippen LogP contribution in [0.4, 0.5) is 0 Å². The van der Waals surface area contributed by atoms with Gasteiger partial charge in [-0.2, -0.15) is 0 Å². The van der Waals surface area contributed by atoms with Crippen LogP contribution in [-0.4, -0.2) is 55.1 Å². The van der Waals surface area contributed by atoms with Gasteiger partial charge in [0.25, 0.3) is 0 Å². The van der Waals surface area contributed by atoms with Crippen LogP contribution in [0.2, 0.25) is 0 Å². The zero-order valence-corrected chi connectivity index (χ0v) is 12.3. The van der Waals surface area contributed by atoms with E-state index in [9.17, 15) is 39.6 Å². The fourth-order valence-corrected chi connectivity index (χ4v) is 4.86. The normalized spacial score (nSPS) is 43.5. The predicted molar refractivity (Wildman–Crippen MR) is 70.8 cm³/mol. The summed E-state index contributed by atoms with van der Waals surface area (Å²) in [6.07, 6.45) is 0. The molecule has 0 aromatic carbocycles. The van der Waals surface area contributed by atoms with E-state index in [-0.39, 0.29) is 0 Å². The molecular weight excluding hydrogens is 343 g/mol. The van der Waals surface area contributed by atoms with Crippen LogP contribution in [0.15, 0.2) is 0 Å². The van der Waals surface area contributed by atoms with E-state index in [0.717, 1.165) is 0 Å². The van der Waals surface area contributed by atoms with E-state index in [1.165, 1.54) is 0 Å². The third-order valence-corrected chi connectivity index (χ3v) is 5.87. The standard InChI is InChI=1S/C12H12Cl2O8/c13-7-1-3(9(15)16)5(11(19)20)2(8(7)14)6(12(21)22)4(1)10(17)18/h1-8H,(H,15,16)(H,17,18)(H,19,20)(H,21,22). The maximum Gasteiger partial charge on any atom is 0.307 e. The fourth-order valence-electron chi connectivity index (χ4n) is 3.89. The minimum atomic E-state index is -1.60. The van der Waals surface area contributed by atoms with Crippen molar-refractivity contribution < 1.29 is 39.6 Å². The van der Waals surface area contributed by atoms with Crippen LogP contribution in [0.25, 0.3) is 0 Å². The first-order valence-electron chi connectivity index (χ1n) is 6.30. The van der Waals surface area contributed by atoms with Gasteiger partial charge in [0.05, 0.1) is 34.4 Å². The number of halogens is 2. The average Bonchev–Trinajstić information content (AvgIpc) is 2.40. The highest BCUT2D eigenvalue weighted by Crippen LogP contribution is 2.58. The Bertz CT molecular complexity index is 461. The summed E-state index contributed by atoms with van der Waals surface area (Å²) in [7, 11) is 0. The lowest BCUT2D eigenvalue weighted by molar-refractivity contribution is -0.188. The van der Waals surface area contributed by atoms with Crippen LogP contribution >= 0.6 is 23.2 Å². The maximum atomic E-state index is 11.5. The zero-order chi connectivity index (χ0) is 16.9. The van der Waals surface area contributed by atoms with Crippen molar-refractivity contribution in [3.8, 4) is 0 Å². The predicted octanol–water partition coefficient (Wildman–Crippen LogP) is 0.264. The van der Waals surface area contributed by atoms with Gasteiger partial charge in [0.1, 0.15) is 0 Å². The molecule has 2 bridgehead atoms. The molecule has 3 aliphatic rings. The van der Waals surface area contributed by atoms with Gasteiger partial charge in [-0.3, -0.25) is 19.2 Å². The van der Waals surface area contributed by atoms with Gasteiger partial charge < -0.3 is 20.4 Å². The lowest BCUT2D eigenvalue weighted by atomic mass is 9.49. The molecule has 6 atom stereocenters. The molecule has 0 radical (unpaired) electrons. The molecule has 0 spiro atoms. The molecule has 0 saturated heterocycles. The van der Waals surface area contributed by atoms with Gasteiger partial charge in [-0.25, -0.2) is 0 Å². The van der Waals surface area contributed by atoms with Gasteiger partial charge in [0, 0.05) is 11.8 Å². The highest BCUT2D eigenvalue weighted by Gasteiger charge is 2.69. The third kappa shape index (κ3) is 2.21. The second-order valence-electron chi connectivity index (χ2n) is 5.50. The Morgan fingerprint density at radius 1 is 0.545 bits per heavy atom. The Hall–Kier alpha value is -1.54. The van der Waals surface area contributed by atoms with Crippen molar-refractivity contribution in [3.63, 3.8) is 0 Å². The quantitative estimate of drug-likeness (QED) is 0.525. The van der Waals surface area contributed by atoms with Crippen molar-refractivity contribution in [2.24, 2.45) is 35.5 Å². The summed E-state index contributed by atoms with van der Waals surface area (Å²) in [6, 6.07) is 0. The molecule has 4 N–H and O–H groups in total. The van der Waals surface area contributed by atoms with Crippen LogP contribution < -0.4 is 0 Å². The fraction of sp³-hybridized carbons (Fsp3) is 0.667. The molecule has 3 saturated carbocycles. The number of fused-ring (bicyclic) bond motifs is 3. The lowest BCUT2D eigenvalue weighted by Gasteiger charge is -2.55. The maximum absolute atomic E-state index is 11.5. The molecule has 8 nitrogen and oxygen atoms in total. The van der Waals surface area contributed by atoms with Crippen molar-refractivity contribution in [1.82, 2.24) is 0 Å². The van der Waals surface area contributed by atoms with Gasteiger partial charge in [-0.05, 0) is 0 Å². The van der Waals surface area contributed by atoms with Gasteiger partial charge in [0.15, 0.2) is 0 Å². The Labute approximate surface area is 133 Å². The largest absolute Gasteiger partial charge is 0.481 e. The molecule has 3 rings (SSSR count). The molecule has 0 aromatic heterocycles. The van der Waals surface area contributed by atoms with Gasteiger partial charge in [-0.15, -0.1) is 23.2 Å². The first kappa shape index (κ1) is 16.8. The summed E-state index contributed by atoms with van der Waals surface area (Å²) in [4.78, 5) is 45.8. The summed E-state index contributed by atoms with van der Waals surface area (Å²) >= 11 is 12.1. The summed E-state index contributed by atoms with van der Waals surface area (Å²) in [5.74, 6) is -15.3. The second-order valence-corrected chi connectivity index (χ2v) is 6.51. The van der Waals surface area contributed by atoms with E-state index in [1.807, 2.05) is 0 Å². The van der Waals surface area contributed by atoms with Crippen LogP contribution in [0.5, 0.6) is 0 Å². The van der Waals surface area contributed by atoms with Crippen LogP contribution in [0.3, 0.4) is 0 Å². The highest BCUT2D eigenvalue weighted by atomic mass is 35.5. The van der Waals surface area contributed by atoms with Crippen molar-refractivity contribution in [2.75, 3.05) is 0 Å². The molecule has 10 heteroatoms. The number of carboxylic acids is 4. The topological polar surface area (TPSA) is 149 Å². The Morgan fingerprint density at radius 2 is 0.727 bits per heavy atom. The summed E-state index contributed by atoms with van der Waals surface area (Å²) < 4.78 is 0. The van der Waals surface area contributed by atoms with Crippen molar-refractivity contribution in [2.45, 2.75) is 10.8 Å². The number of hydrogen-bond donors (Lipinski definition) is 4. The molecule has 3 fully saturated rings. The van der Waals surface area contributed by atoms with Crippen LogP contribution in [0.1, 0.15) is 0 Å². The monoisotopic (exact) mass is 354 g/mol. The minimum absolute atomic E-state index is 1.14. The number of rotatable bonds is 4. The third-order valence-electron chi connectivity index (χ3n) is 4.61. The SMILES string of the molecule is O=C(O)C1C(C(=O)O)C2C(Cl)C(Cl)C1C(C(=O)O)C2C(=O)O. The van der Waals surface area contributed by atoms with E-state index in [4.69, 9.17) is 23.2 Å². The summed E-state index contributed by atoms with van der Waals surface area (Å²) in [5, 5.41) is 34.9. The molecule has 0 heterocycles. The van der Waals surface area contributed by atoms with Gasteiger partial charge >= 0.3 is 23.9 Å². The van der Waals surface area contributed by atoms with E-state index in [0.29, 0.717) is 0 Å². The highest BCUT2D eigenvalue weighted by molar-refractivity contribution is 6.31. The molecule has 0 amide bonds. The van der Waals surface area contributed by atoms with Gasteiger partial charge in [0.2, 0.25) is 0 Å². The Kier molecular flexibility index (Phi) is 4.27. The minimum Gasteiger partial charge on any atom is -0.481 e. The number of carbonyl (C=O) groups is 4. The first-order chi connectivity index (χ1) is 10.1. The van der Waals surface area contributed by atoms with E-state index in [1.54, 1.807) is 0 Å². The number of carboxylic acid groups (broad SMARTS) is 4. The Balaban J connectivity index is 2.65. The van der Waals surface area contributed by atoms with Crippen LogP contribution in [0, 0.1) is 35.5 Å². The summed E-state index contributed by atoms with van der Waals surface area (Å²) in [5.41, 5.74) is 0. The molecule has 6 unspecified atom stereocenters. The van der Waals surface area contributed by atoms with Gasteiger partial charge in [-0.1, -0.05) is 0 Å². The van der Waals surface area contributed by atoms with Crippen molar-refractivity contribution in [3.05, 3.63) is 0 Å². The zero-order valence-electron chi connectivity index (χ0n) is 10.8. The second kappa shape index (κ2) is 5.58. The molecular formula is C12H12Cl2O8. The number of alkyl halides is 2. The van der Waals surface area contributed by atoms with E-state index < -0.39 is 70.1 Å². The number of aliphatic carboxylic acids is 4. The van der Waals surface area contributed by atoms with Crippen molar-refractivity contribution in [1.29, 1.82) is 0 Å². The smallest absolute Gasteiger partial charge is 0.307 e. The summed E-state index contributed by atoms with van der Waals surface area (Å²) in [6.45, 7) is 0. The molecule has 22 heavy (non-hydrogen) atoms. The number of hydrogen-bond acceptors (Lipinski definition) is 4. The molecule has 0 aromatic rings. The van der Waals surface area contributed by atoms with E-state index in [2.05, 4.69) is 0 Å². The van der Waals surface area contributed by atoms with Crippen LogP contribution in [-0.2, 0) is 19.2 Å². The first-order valence-corrected chi connectivity index (χ1v) is 7.17. The Morgan fingerprint density at radius 3 is 0.864 bits per heavy atom. The van der Waals surface area contributed by atoms with Crippen molar-refractivity contribution >= 4 is 47.1 Å². The van der Waals surface area contributed by atoms with E-state index >= 15 is 0 Å². The average molecular weight is 355 g/mol. The lowest BCUT2D eigenvalue weighted by Crippen LogP contribution is -2.67. The molecule has 0 aliphatic heterocycles.